The van der Waals surface area contributed by atoms with E-state index in [1.807, 2.05) is 18.2 Å². The van der Waals surface area contributed by atoms with Gasteiger partial charge < -0.3 is 9.73 Å². The van der Waals surface area contributed by atoms with Gasteiger partial charge in [0, 0.05) is 18.0 Å². The number of hydrogen-bond donors (Lipinski definition) is 1. The molecule has 0 atom stereocenters. The highest BCUT2D eigenvalue weighted by atomic mass is 16.3. The molecular formula is C15H21N3O. The van der Waals surface area contributed by atoms with Crippen molar-refractivity contribution in [2.45, 2.75) is 39.5 Å². The van der Waals surface area contributed by atoms with Gasteiger partial charge in [0.05, 0.1) is 12.0 Å². The van der Waals surface area contributed by atoms with Crippen LogP contribution in [-0.2, 0) is 5.41 Å². The van der Waals surface area contributed by atoms with E-state index >= 15 is 0 Å². The Morgan fingerprint density at radius 2 is 2.05 bits per heavy atom. The zero-order chi connectivity index (χ0) is 13.9. The van der Waals surface area contributed by atoms with Gasteiger partial charge in [-0.05, 0) is 18.6 Å². The summed E-state index contributed by atoms with van der Waals surface area (Å²) in [5.74, 6) is 2.19. The lowest BCUT2D eigenvalue weighted by Crippen LogP contribution is -2.16. The maximum absolute atomic E-state index is 5.39. The zero-order valence-electron chi connectivity index (χ0n) is 12.0. The third-order valence-corrected chi connectivity index (χ3v) is 2.79. The highest BCUT2D eigenvalue weighted by Crippen LogP contribution is 2.25. The largest absolute Gasteiger partial charge is 0.461 e. The van der Waals surface area contributed by atoms with E-state index in [1.54, 1.807) is 6.26 Å². The summed E-state index contributed by atoms with van der Waals surface area (Å²) in [5.41, 5.74) is 0.986. The van der Waals surface area contributed by atoms with E-state index in [1.165, 1.54) is 0 Å². The molecule has 0 unspecified atom stereocenters. The number of aromatic nitrogens is 2. The summed E-state index contributed by atoms with van der Waals surface area (Å²) in [6.45, 7) is 9.46. The zero-order valence-corrected chi connectivity index (χ0v) is 12.0. The van der Waals surface area contributed by atoms with E-state index in [2.05, 4.69) is 43.0 Å². The van der Waals surface area contributed by atoms with Crippen molar-refractivity contribution in [1.82, 2.24) is 9.97 Å². The summed E-state index contributed by atoms with van der Waals surface area (Å²) in [7, 11) is 0. The monoisotopic (exact) mass is 259 g/mol. The molecule has 0 aliphatic rings. The smallest absolute Gasteiger partial charge is 0.197 e. The molecular weight excluding hydrogens is 238 g/mol. The second-order valence-corrected chi connectivity index (χ2v) is 5.62. The van der Waals surface area contributed by atoms with E-state index in [0.717, 1.165) is 24.5 Å². The lowest BCUT2D eigenvalue weighted by molar-refractivity contribution is 0.557. The van der Waals surface area contributed by atoms with Gasteiger partial charge in [0.2, 0.25) is 0 Å². The van der Waals surface area contributed by atoms with Crippen LogP contribution < -0.4 is 5.32 Å². The number of hydrogen-bond acceptors (Lipinski definition) is 4. The topological polar surface area (TPSA) is 51.0 Å². The Bertz CT molecular complexity index is 527. The van der Waals surface area contributed by atoms with Crippen molar-refractivity contribution >= 4 is 5.82 Å². The van der Waals surface area contributed by atoms with Crippen LogP contribution in [0.5, 0.6) is 0 Å². The maximum atomic E-state index is 5.39. The van der Waals surface area contributed by atoms with Crippen molar-refractivity contribution in [2.75, 3.05) is 11.9 Å². The lowest BCUT2D eigenvalue weighted by atomic mass is 9.92. The second-order valence-electron chi connectivity index (χ2n) is 5.62. The molecule has 0 saturated carbocycles. The summed E-state index contributed by atoms with van der Waals surface area (Å²) in [6.07, 6.45) is 2.70. The Kier molecular flexibility index (Phi) is 3.88. The van der Waals surface area contributed by atoms with E-state index in [-0.39, 0.29) is 5.41 Å². The number of furan rings is 1. The average molecular weight is 259 g/mol. The first-order valence-corrected chi connectivity index (χ1v) is 6.68. The fourth-order valence-electron chi connectivity index (χ4n) is 1.69. The maximum Gasteiger partial charge on any atom is 0.197 e. The highest BCUT2D eigenvalue weighted by molar-refractivity contribution is 5.52. The number of rotatable bonds is 4. The molecule has 102 valence electrons. The quantitative estimate of drug-likeness (QED) is 0.906. The molecule has 0 spiro atoms. The predicted molar refractivity (Wildman–Crippen MR) is 77.2 cm³/mol. The summed E-state index contributed by atoms with van der Waals surface area (Å²) >= 11 is 0. The van der Waals surface area contributed by atoms with Crippen molar-refractivity contribution < 1.29 is 4.42 Å². The molecule has 2 aromatic rings. The van der Waals surface area contributed by atoms with Gasteiger partial charge in [0.1, 0.15) is 5.82 Å². The van der Waals surface area contributed by atoms with Crippen LogP contribution in [0.15, 0.2) is 28.9 Å². The SMILES string of the molecule is CCCNc1cc(C(C)(C)C)nc(-c2ccco2)n1. The molecule has 0 fully saturated rings. The third kappa shape index (κ3) is 3.34. The van der Waals surface area contributed by atoms with Gasteiger partial charge in [0.25, 0.3) is 0 Å². The van der Waals surface area contributed by atoms with E-state index in [0.29, 0.717) is 11.6 Å². The van der Waals surface area contributed by atoms with Crippen molar-refractivity contribution in [3.8, 4) is 11.6 Å². The molecule has 2 rings (SSSR count). The lowest BCUT2D eigenvalue weighted by Gasteiger charge is -2.19. The predicted octanol–water partition coefficient (Wildman–Crippen LogP) is 3.86. The van der Waals surface area contributed by atoms with Crippen molar-refractivity contribution in [3.63, 3.8) is 0 Å². The van der Waals surface area contributed by atoms with Crippen LogP contribution in [0.4, 0.5) is 5.82 Å². The summed E-state index contributed by atoms with van der Waals surface area (Å²) in [4.78, 5) is 9.12. The van der Waals surface area contributed by atoms with Gasteiger partial charge in [-0.15, -0.1) is 0 Å². The Balaban J connectivity index is 2.43. The second kappa shape index (κ2) is 5.43. The number of nitrogens with one attached hydrogen (secondary N) is 1. The minimum atomic E-state index is -0.0209. The molecule has 19 heavy (non-hydrogen) atoms. The van der Waals surface area contributed by atoms with Crippen LogP contribution in [0, 0.1) is 0 Å². The summed E-state index contributed by atoms with van der Waals surface area (Å²) < 4.78 is 5.39. The third-order valence-electron chi connectivity index (χ3n) is 2.79. The van der Waals surface area contributed by atoms with Crippen molar-refractivity contribution in [2.24, 2.45) is 0 Å². The van der Waals surface area contributed by atoms with Crippen LogP contribution in [0.3, 0.4) is 0 Å². The molecule has 4 heteroatoms. The number of nitrogens with zero attached hydrogens (tertiary/aromatic N) is 2. The summed E-state index contributed by atoms with van der Waals surface area (Å²) in [6, 6.07) is 5.75. The minimum Gasteiger partial charge on any atom is -0.461 e. The Morgan fingerprint density at radius 1 is 1.26 bits per heavy atom. The Morgan fingerprint density at radius 3 is 2.63 bits per heavy atom. The molecule has 1 N–H and O–H groups in total. The molecule has 0 bridgehead atoms. The standard InChI is InChI=1S/C15H21N3O/c1-5-8-16-13-10-12(15(2,3)4)17-14(18-13)11-7-6-9-19-11/h6-7,9-10H,5,8H2,1-4H3,(H,16,17,18). The summed E-state index contributed by atoms with van der Waals surface area (Å²) in [5, 5.41) is 3.32. The van der Waals surface area contributed by atoms with Crippen LogP contribution in [0.2, 0.25) is 0 Å². The molecule has 0 aromatic carbocycles. The first-order chi connectivity index (χ1) is 9.00. The first kappa shape index (κ1) is 13.6. The molecule has 2 aromatic heterocycles. The van der Waals surface area contributed by atoms with E-state index in [4.69, 9.17) is 4.42 Å². The van der Waals surface area contributed by atoms with Crippen molar-refractivity contribution in [1.29, 1.82) is 0 Å². The highest BCUT2D eigenvalue weighted by Gasteiger charge is 2.19. The Labute approximate surface area is 114 Å². The van der Waals surface area contributed by atoms with Crippen molar-refractivity contribution in [3.05, 3.63) is 30.2 Å². The molecule has 0 radical (unpaired) electrons. The van der Waals surface area contributed by atoms with Gasteiger partial charge in [-0.1, -0.05) is 27.7 Å². The van der Waals surface area contributed by atoms with Gasteiger partial charge in [-0.2, -0.15) is 0 Å². The average Bonchev–Trinajstić information content (AvgIpc) is 2.89. The van der Waals surface area contributed by atoms with Crippen LogP contribution in [0.25, 0.3) is 11.6 Å². The van der Waals surface area contributed by atoms with Gasteiger partial charge >= 0.3 is 0 Å². The fourth-order valence-corrected chi connectivity index (χ4v) is 1.69. The molecule has 2 heterocycles. The molecule has 0 amide bonds. The van der Waals surface area contributed by atoms with Crippen LogP contribution in [-0.4, -0.2) is 16.5 Å². The Hall–Kier alpha value is -1.84. The van der Waals surface area contributed by atoms with Gasteiger partial charge in [0.15, 0.2) is 11.6 Å². The van der Waals surface area contributed by atoms with Gasteiger partial charge in [-0.3, -0.25) is 0 Å². The van der Waals surface area contributed by atoms with Crippen LogP contribution in [0.1, 0.15) is 39.8 Å². The normalized spacial score (nSPS) is 11.6. The fraction of sp³-hybridized carbons (Fsp3) is 0.467. The minimum absolute atomic E-state index is 0.0209. The van der Waals surface area contributed by atoms with E-state index in [9.17, 15) is 0 Å². The molecule has 4 nitrogen and oxygen atoms in total. The number of anilines is 1. The first-order valence-electron chi connectivity index (χ1n) is 6.68. The molecule has 0 saturated heterocycles. The van der Waals surface area contributed by atoms with E-state index < -0.39 is 0 Å². The van der Waals surface area contributed by atoms with Crippen LogP contribution >= 0.6 is 0 Å². The van der Waals surface area contributed by atoms with Gasteiger partial charge in [-0.25, -0.2) is 9.97 Å². The molecule has 0 aliphatic heterocycles. The molecule has 0 aliphatic carbocycles.